The molecule has 0 saturated carbocycles. The van der Waals surface area contributed by atoms with Crippen LogP contribution in [0, 0.1) is 23.3 Å². The van der Waals surface area contributed by atoms with Crippen LogP contribution in [0.15, 0.2) is 4.79 Å². The lowest BCUT2D eigenvalue weighted by atomic mass is 10.2. The number of hydrogen-bond donors (Lipinski definition) is 1. The van der Waals surface area contributed by atoms with E-state index in [0.717, 1.165) is 0 Å². The van der Waals surface area contributed by atoms with E-state index >= 15 is 0 Å². The molecule has 0 spiro atoms. The second-order valence-electron chi connectivity index (χ2n) is 2.49. The summed E-state index contributed by atoms with van der Waals surface area (Å²) in [5.41, 5.74) is -0.972. The average Bonchev–Trinajstić information content (AvgIpc) is 2.54. The normalized spacial score (nSPS) is 11.1. The van der Waals surface area contributed by atoms with E-state index in [4.69, 9.17) is 0 Å². The van der Waals surface area contributed by atoms with E-state index in [1.54, 1.807) is 0 Å². The standard InChI is InChI=1S/C7HF4NOS/c8-2-1-6(14-12-7(1)13)5(11)4(10)3(2)9/h(H,12,13). The van der Waals surface area contributed by atoms with Crippen LogP contribution in [0.5, 0.6) is 0 Å². The first-order valence-corrected chi connectivity index (χ1v) is 4.18. The third kappa shape index (κ3) is 0.985. The zero-order valence-electron chi connectivity index (χ0n) is 6.33. The van der Waals surface area contributed by atoms with Gasteiger partial charge in [0.2, 0.25) is 0 Å². The molecule has 2 rings (SSSR count). The minimum Gasteiger partial charge on any atom is -0.277 e. The van der Waals surface area contributed by atoms with Gasteiger partial charge in [-0.15, -0.1) is 0 Å². The molecule has 0 saturated heterocycles. The second kappa shape index (κ2) is 2.81. The quantitative estimate of drug-likeness (QED) is 0.414. The fraction of sp³-hybridized carbons (Fsp3) is 0. The molecule has 0 aliphatic heterocycles. The van der Waals surface area contributed by atoms with Crippen LogP contribution in [0.2, 0.25) is 0 Å². The highest BCUT2D eigenvalue weighted by Gasteiger charge is 2.23. The first-order valence-electron chi connectivity index (χ1n) is 3.37. The van der Waals surface area contributed by atoms with Gasteiger partial charge in [0.05, 0.1) is 4.70 Å². The molecule has 2 nitrogen and oxygen atoms in total. The lowest BCUT2D eigenvalue weighted by Gasteiger charge is -1.97. The Morgan fingerprint density at radius 2 is 1.50 bits per heavy atom. The van der Waals surface area contributed by atoms with Gasteiger partial charge in [-0.1, -0.05) is 11.5 Å². The summed E-state index contributed by atoms with van der Waals surface area (Å²) in [5, 5.41) is -0.786. The number of halogens is 4. The van der Waals surface area contributed by atoms with Crippen molar-refractivity contribution in [3.05, 3.63) is 33.6 Å². The topological polar surface area (TPSA) is 32.9 Å². The lowest BCUT2D eigenvalue weighted by Crippen LogP contribution is -2.04. The Labute approximate surface area is 77.9 Å². The largest absolute Gasteiger partial charge is 0.277 e. The molecule has 1 heterocycles. The Hall–Kier alpha value is -1.37. The zero-order valence-corrected chi connectivity index (χ0v) is 7.14. The maximum absolute atomic E-state index is 12.9. The summed E-state index contributed by atoms with van der Waals surface area (Å²) in [4.78, 5) is 10.9. The third-order valence-electron chi connectivity index (χ3n) is 1.70. The molecule has 14 heavy (non-hydrogen) atoms. The summed E-state index contributed by atoms with van der Waals surface area (Å²) in [6.45, 7) is 0. The van der Waals surface area contributed by atoms with Gasteiger partial charge in [0.25, 0.3) is 5.56 Å². The van der Waals surface area contributed by atoms with E-state index in [1.165, 1.54) is 0 Å². The molecule has 0 unspecified atom stereocenters. The van der Waals surface area contributed by atoms with Crippen LogP contribution in [0.4, 0.5) is 17.6 Å². The molecule has 0 amide bonds. The first kappa shape index (κ1) is 9.20. The zero-order chi connectivity index (χ0) is 10.5. The number of benzene rings is 1. The van der Waals surface area contributed by atoms with Gasteiger partial charge in [0.15, 0.2) is 23.3 Å². The monoisotopic (exact) mass is 223 g/mol. The van der Waals surface area contributed by atoms with E-state index in [9.17, 15) is 22.4 Å². The van der Waals surface area contributed by atoms with Gasteiger partial charge in [-0.3, -0.25) is 9.17 Å². The third-order valence-corrected chi connectivity index (χ3v) is 2.57. The highest BCUT2D eigenvalue weighted by atomic mass is 32.1. The lowest BCUT2D eigenvalue weighted by molar-refractivity contribution is 0.418. The van der Waals surface area contributed by atoms with Gasteiger partial charge in [-0.25, -0.2) is 17.6 Å². The Balaban J connectivity index is 3.13. The molecule has 0 aliphatic carbocycles. The highest BCUT2D eigenvalue weighted by Crippen LogP contribution is 2.26. The summed E-state index contributed by atoms with van der Waals surface area (Å²) in [6, 6.07) is 0. The van der Waals surface area contributed by atoms with Crippen molar-refractivity contribution in [3.63, 3.8) is 0 Å². The summed E-state index contributed by atoms with van der Waals surface area (Å²) >= 11 is 0.418. The van der Waals surface area contributed by atoms with Crippen LogP contribution in [0.1, 0.15) is 0 Å². The molecule has 74 valence electrons. The van der Waals surface area contributed by atoms with Gasteiger partial charge in [0, 0.05) is 0 Å². The van der Waals surface area contributed by atoms with Crippen molar-refractivity contribution in [3.8, 4) is 0 Å². The summed E-state index contributed by atoms with van der Waals surface area (Å²) in [7, 11) is 0. The van der Waals surface area contributed by atoms with E-state index in [-0.39, 0.29) is 0 Å². The van der Waals surface area contributed by atoms with Gasteiger partial charge in [0.1, 0.15) is 5.39 Å². The van der Waals surface area contributed by atoms with Gasteiger partial charge in [-0.2, -0.15) is 0 Å². The molecular formula is C7HF4NOS. The van der Waals surface area contributed by atoms with Crippen molar-refractivity contribution in [2.24, 2.45) is 0 Å². The Kier molecular flexibility index (Phi) is 1.84. The number of fused-ring (bicyclic) bond motifs is 1. The summed E-state index contributed by atoms with van der Waals surface area (Å²) in [6.07, 6.45) is 0. The van der Waals surface area contributed by atoms with E-state index in [2.05, 4.69) is 0 Å². The molecule has 1 aromatic heterocycles. The number of aromatic amines is 1. The molecule has 0 radical (unpaired) electrons. The molecule has 1 aromatic carbocycles. The van der Waals surface area contributed by atoms with Gasteiger partial charge in [-0.05, 0) is 0 Å². The molecule has 0 atom stereocenters. The van der Waals surface area contributed by atoms with Gasteiger partial charge >= 0.3 is 0 Å². The number of rotatable bonds is 0. The van der Waals surface area contributed by atoms with Crippen molar-refractivity contribution in [1.82, 2.24) is 4.37 Å². The van der Waals surface area contributed by atoms with Crippen molar-refractivity contribution >= 4 is 21.6 Å². The van der Waals surface area contributed by atoms with E-state index < -0.39 is 38.9 Å². The van der Waals surface area contributed by atoms with Gasteiger partial charge < -0.3 is 0 Å². The molecular weight excluding hydrogens is 222 g/mol. The van der Waals surface area contributed by atoms with Crippen LogP contribution < -0.4 is 5.56 Å². The molecule has 7 heteroatoms. The predicted octanol–water partition coefficient (Wildman–Crippen LogP) is 2.15. The molecule has 0 aliphatic rings. The summed E-state index contributed by atoms with van der Waals surface area (Å²) in [5.74, 6) is -7.10. The minimum atomic E-state index is -1.97. The highest BCUT2D eigenvalue weighted by molar-refractivity contribution is 7.13. The van der Waals surface area contributed by atoms with Crippen LogP contribution in [0.25, 0.3) is 10.1 Å². The number of aromatic nitrogens is 1. The van der Waals surface area contributed by atoms with Crippen molar-refractivity contribution in [1.29, 1.82) is 0 Å². The van der Waals surface area contributed by atoms with Crippen molar-refractivity contribution < 1.29 is 17.6 Å². The SMILES string of the molecule is O=c1[nH]sc2c(F)c(F)c(F)c(F)c12. The predicted molar refractivity (Wildman–Crippen MR) is 42.3 cm³/mol. The number of nitrogens with one attached hydrogen (secondary N) is 1. The van der Waals surface area contributed by atoms with E-state index in [0.29, 0.717) is 11.5 Å². The average molecular weight is 223 g/mol. The van der Waals surface area contributed by atoms with Crippen LogP contribution >= 0.6 is 11.5 Å². The second-order valence-corrected chi connectivity index (χ2v) is 3.31. The van der Waals surface area contributed by atoms with Crippen molar-refractivity contribution in [2.45, 2.75) is 0 Å². The molecule has 0 fully saturated rings. The van der Waals surface area contributed by atoms with Crippen LogP contribution in [-0.2, 0) is 0 Å². The fourth-order valence-corrected chi connectivity index (χ4v) is 1.82. The first-order chi connectivity index (χ1) is 6.54. The van der Waals surface area contributed by atoms with Crippen molar-refractivity contribution in [2.75, 3.05) is 0 Å². The van der Waals surface area contributed by atoms with E-state index in [1.807, 2.05) is 4.37 Å². The minimum absolute atomic E-state index is 0.418. The molecule has 1 N–H and O–H groups in total. The van der Waals surface area contributed by atoms with Crippen LogP contribution in [0.3, 0.4) is 0 Å². The van der Waals surface area contributed by atoms with Crippen LogP contribution in [-0.4, -0.2) is 4.37 Å². The number of hydrogen-bond acceptors (Lipinski definition) is 2. The summed E-state index contributed by atoms with van der Waals surface area (Å²) < 4.78 is 52.6. The molecule has 2 aromatic rings. The molecule has 0 bridgehead atoms. The Bertz CT molecular complexity index is 573. The maximum atomic E-state index is 12.9. The Morgan fingerprint density at radius 1 is 0.929 bits per heavy atom. The number of H-pyrrole nitrogens is 1. The maximum Gasteiger partial charge on any atom is 0.269 e. The fourth-order valence-electron chi connectivity index (χ4n) is 1.06. The smallest absolute Gasteiger partial charge is 0.269 e. The Morgan fingerprint density at radius 3 is 2.14 bits per heavy atom.